The molecule has 1 unspecified atom stereocenters. The number of hydrogen-bond donors (Lipinski definition) is 0. The van der Waals surface area contributed by atoms with Gasteiger partial charge in [-0.25, -0.2) is 9.67 Å². The van der Waals surface area contributed by atoms with Crippen LogP contribution in [0, 0.1) is 5.41 Å². The second kappa shape index (κ2) is 5.27. The Labute approximate surface area is 143 Å². The Morgan fingerprint density at radius 3 is 2.55 bits per heavy atom. The van der Waals surface area contributed by atoms with Gasteiger partial charge in [0.1, 0.15) is 18.1 Å². The number of halogens is 2. The highest BCUT2D eigenvalue weighted by atomic mass is 79.9. The summed E-state index contributed by atoms with van der Waals surface area (Å²) < 4.78 is 2.99. The first kappa shape index (κ1) is 15.4. The van der Waals surface area contributed by atoms with E-state index in [0.717, 1.165) is 4.47 Å². The van der Waals surface area contributed by atoms with Gasteiger partial charge in [0.25, 0.3) is 0 Å². The Balaban J connectivity index is 2.18. The summed E-state index contributed by atoms with van der Waals surface area (Å²) in [5.74, 6) is -0.473. The molecule has 1 aliphatic rings. The molecule has 1 amide bonds. The van der Waals surface area contributed by atoms with Gasteiger partial charge in [-0.15, -0.1) is 0 Å². The Kier molecular flexibility index (Phi) is 3.68. The molecule has 0 saturated carbocycles. The molecule has 0 N–H and O–H groups in total. The maximum atomic E-state index is 12.8. The summed E-state index contributed by atoms with van der Waals surface area (Å²) in [7, 11) is 0. The molecule has 0 radical (unpaired) electrons. The van der Waals surface area contributed by atoms with Crippen LogP contribution < -0.4 is 4.90 Å². The Bertz CT molecular complexity index is 758. The molecule has 1 saturated heterocycles. The van der Waals surface area contributed by atoms with Crippen LogP contribution in [0.25, 0.3) is 0 Å². The highest BCUT2D eigenvalue weighted by Crippen LogP contribution is 2.43. The van der Waals surface area contributed by atoms with Crippen molar-refractivity contribution in [1.29, 1.82) is 0 Å². The topological polar surface area (TPSA) is 68.1 Å². The highest BCUT2D eigenvalue weighted by Gasteiger charge is 2.55. The Morgan fingerprint density at radius 2 is 1.95 bits per heavy atom. The summed E-state index contributed by atoms with van der Waals surface area (Å²) in [5.41, 5.74) is -0.490. The van der Waals surface area contributed by atoms with Crippen molar-refractivity contribution in [3.05, 3.63) is 39.8 Å². The van der Waals surface area contributed by atoms with Crippen LogP contribution in [0.5, 0.6) is 0 Å². The van der Waals surface area contributed by atoms with E-state index < -0.39 is 11.6 Å². The van der Waals surface area contributed by atoms with Crippen LogP contribution >= 0.6 is 31.9 Å². The molecule has 114 valence electrons. The molecule has 1 fully saturated rings. The van der Waals surface area contributed by atoms with Crippen LogP contribution in [0.15, 0.2) is 39.8 Å². The third kappa shape index (κ3) is 2.21. The first-order valence-corrected chi connectivity index (χ1v) is 8.10. The van der Waals surface area contributed by atoms with E-state index in [-0.39, 0.29) is 11.7 Å². The average Bonchev–Trinajstić information content (AvgIpc) is 3.02. The van der Waals surface area contributed by atoms with Gasteiger partial charge in [-0.1, -0.05) is 15.9 Å². The van der Waals surface area contributed by atoms with Crippen LogP contribution in [0.4, 0.5) is 5.69 Å². The monoisotopic (exact) mass is 426 g/mol. The van der Waals surface area contributed by atoms with Crippen LogP contribution in [0.3, 0.4) is 0 Å². The number of aromatic nitrogens is 3. The standard InChI is InChI=1S/C14H12Br2N4O2/c1-14(2)11(21)12(19-7-17-6-18-19)20(13(14)22)10-4-3-8(15)5-9(10)16/h3-7,12H,1-2H3. The lowest BCUT2D eigenvalue weighted by Crippen LogP contribution is -2.34. The lowest BCUT2D eigenvalue weighted by molar-refractivity contribution is -0.133. The average molecular weight is 428 g/mol. The second-order valence-corrected chi connectivity index (χ2v) is 7.28. The fourth-order valence-corrected chi connectivity index (χ4v) is 3.70. The molecule has 0 aliphatic carbocycles. The van der Waals surface area contributed by atoms with Crippen molar-refractivity contribution in [2.75, 3.05) is 4.90 Å². The number of Topliss-reactive ketones (excluding diaryl/α,β-unsaturated/α-hetero) is 1. The maximum absolute atomic E-state index is 12.8. The van der Waals surface area contributed by atoms with Crippen molar-refractivity contribution in [2.24, 2.45) is 5.41 Å². The molecule has 0 spiro atoms. The normalized spacial score (nSPS) is 20.7. The number of carbonyl (C=O) groups excluding carboxylic acids is 2. The molecule has 1 aliphatic heterocycles. The molecule has 6 nitrogen and oxygen atoms in total. The van der Waals surface area contributed by atoms with E-state index in [0.29, 0.717) is 10.2 Å². The minimum atomic E-state index is -1.11. The number of nitrogens with zero attached hydrogens (tertiary/aromatic N) is 4. The van der Waals surface area contributed by atoms with Gasteiger partial charge < -0.3 is 0 Å². The molecule has 0 bridgehead atoms. The number of hydrogen-bond acceptors (Lipinski definition) is 4. The number of ketones is 1. The molecule has 22 heavy (non-hydrogen) atoms. The fourth-order valence-electron chi connectivity index (χ4n) is 2.46. The summed E-state index contributed by atoms with van der Waals surface area (Å²) in [6, 6.07) is 5.43. The van der Waals surface area contributed by atoms with Crippen molar-refractivity contribution < 1.29 is 9.59 Å². The van der Waals surface area contributed by atoms with E-state index in [1.165, 1.54) is 22.2 Å². The van der Waals surface area contributed by atoms with Gasteiger partial charge in [-0.05, 0) is 48.0 Å². The maximum Gasteiger partial charge on any atom is 0.242 e. The number of rotatable bonds is 2. The van der Waals surface area contributed by atoms with E-state index in [1.54, 1.807) is 19.9 Å². The van der Waals surface area contributed by atoms with Gasteiger partial charge in [-0.2, -0.15) is 5.10 Å². The van der Waals surface area contributed by atoms with Gasteiger partial charge in [-0.3, -0.25) is 14.5 Å². The third-order valence-electron chi connectivity index (χ3n) is 3.70. The molecule has 1 atom stereocenters. The van der Waals surface area contributed by atoms with E-state index >= 15 is 0 Å². The Hall–Kier alpha value is -1.54. The van der Waals surface area contributed by atoms with E-state index in [9.17, 15) is 9.59 Å². The van der Waals surface area contributed by atoms with Crippen molar-refractivity contribution in [2.45, 2.75) is 20.0 Å². The van der Waals surface area contributed by atoms with E-state index in [2.05, 4.69) is 41.9 Å². The summed E-state index contributed by atoms with van der Waals surface area (Å²) in [6.45, 7) is 3.27. The second-order valence-electron chi connectivity index (χ2n) is 5.51. The predicted octanol–water partition coefficient (Wildman–Crippen LogP) is 2.94. The molecule has 3 rings (SSSR count). The van der Waals surface area contributed by atoms with Gasteiger partial charge in [0, 0.05) is 8.95 Å². The molecule has 2 heterocycles. The highest BCUT2D eigenvalue weighted by molar-refractivity contribution is 9.11. The quantitative estimate of drug-likeness (QED) is 0.691. The number of carbonyl (C=O) groups is 2. The van der Waals surface area contributed by atoms with Gasteiger partial charge >= 0.3 is 0 Å². The van der Waals surface area contributed by atoms with E-state index in [1.807, 2.05) is 12.1 Å². The van der Waals surface area contributed by atoms with Crippen molar-refractivity contribution in [3.8, 4) is 0 Å². The summed E-state index contributed by atoms with van der Waals surface area (Å²) >= 11 is 6.83. The van der Waals surface area contributed by atoms with Gasteiger partial charge in [0.15, 0.2) is 11.9 Å². The van der Waals surface area contributed by atoms with Gasteiger partial charge in [0.2, 0.25) is 5.91 Å². The van der Waals surface area contributed by atoms with Crippen LogP contribution in [-0.2, 0) is 9.59 Å². The van der Waals surface area contributed by atoms with Crippen molar-refractivity contribution in [1.82, 2.24) is 14.8 Å². The summed E-state index contributed by atoms with van der Waals surface area (Å²) in [6.07, 6.45) is 1.96. The minimum Gasteiger partial charge on any atom is -0.294 e. The first-order valence-electron chi connectivity index (χ1n) is 6.51. The summed E-state index contributed by atoms with van der Waals surface area (Å²) in [4.78, 5) is 30.9. The van der Waals surface area contributed by atoms with Crippen LogP contribution in [0.2, 0.25) is 0 Å². The predicted molar refractivity (Wildman–Crippen MR) is 87.2 cm³/mol. The lowest BCUT2D eigenvalue weighted by Gasteiger charge is -2.24. The SMILES string of the molecule is CC1(C)C(=O)C(n2cncn2)N(c2ccc(Br)cc2Br)C1=O. The molecule has 1 aromatic carbocycles. The zero-order chi connectivity index (χ0) is 16.1. The molecule has 1 aromatic heterocycles. The zero-order valence-electron chi connectivity index (χ0n) is 11.8. The smallest absolute Gasteiger partial charge is 0.242 e. The third-order valence-corrected chi connectivity index (χ3v) is 4.83. The van der Waals surface area contributed by atoms with Crippen LogP contribution in [-0.4, -0.2) is 26.5 Å². The lowest BCUT2D eigenvalue weighted by atomic mass is 9.90. The van der Waals surface area contributed by atoms with E-state index in [4.69, 9.17) is 0 Å². The van der Waals surface area contributed by atoms with Crippen LogP contribution in [0.1, 0.15) is 20.0 Å². The number of anilines is 1. The fraction of sp³-hybridized carbons (Fsp3) is 0.286. The van der Waals surface area contributed by atoms with Crippen molar-refractivity contribution >= 4 is 49.2 Å². The minimum absolute atomic E-state index is 0.210. The number of amides is 1. The van der Waals surface area contributed by atoms with Crippen molar-refractivity contribution in [3.63, 3.8) is 0 Å². The molecular weight excluding hydrogens is 416 g/mol. The zero-order valence-corrected chi connectivity index (χ0v) is 15.0. The first-order chi connectivity index (χ1) is 10.3. The Morgan fingerprint density at radius 1 is 1.23 bits per heavy atom. The molecular formula is C14H12Br2N4O2. The molecule has 2 aromatic rings. The summed E-state index contributed by atoms with van der Waals surface area (Å²) in [5, 5.41) is 4.04. The number of benzene rings is 1. The largest absolute Gasteiger partial charge is 0.294 e. The van der Waals surface area contributed by atoms with Gasteiger partial charge in [0.05, 0.1) is 5.69 Å². The molecule has 8 heteroatoms.